The molecule has 6 aromatic rings. The average Bonchev–Trinajstić information content (AvgIpc) is 4.01. The van der Waals surface area contributed by atoms with Gasteiger partial charge in [0.05, 0.1) is 23.5 Å². The van der Waals surface area contributed by atoms with E-state index in [1.165, 1.54) is 0 Å². The van der Waals surface area contributed by atoms with Gasteiger partial charge in [-0.05, 0) is 65.6 Å². The Morgan fingerprint density at radius 3 is 1.80 bits per heavy atom. The van der Waals surface area contributed by atoms with Gasteiger partial charge in [-0.25, -0.2) is 4.99 Å². The molecule has 9 rings (SSSR count). The van der Waals surface area contributed by atoms with Gasteiger partial charge in [0.15, 0.2) is 5.78 Å². The maximum Gasteiger partial charge on any atom is 0.159 e. The number of rotatable bonds is 5. The lowest BCUT2D eigenvalue weighted by Gasteiger charge is -2.31. The van der Waals surface area contributed by atoms with E-state index < -0.39 is 17.7 Å². The van der Waals surface area contributed by atoms with Crippen LogP contribution < -0.4 is 33.2 Å². The van der Waals surface area contributed by atoms with Gasteiger partial charge in [-0.2, -0.15) is 0 Å². The van der Waals surface area contributed by atoms with Gasteiger partial charge in [0.25, 0.3) is 0 Å². The fraction of sp³-hybridized carbons (Fsp3) is 0.0870. The molecule has 8 bridgehead atoms. The minimum absolute atomic E-state index is 0.00751. The summed E-state index contributed by atoms with van der Waals surface area (Å²) < 4.78 is 0. The molecule has 1 saturated heterocycles. The predicted molar refractivity (Wildman–Crippen MR) is 216 cm³/mol. The molecule has 0 amide bonds. The highest BCUT2D eigenvalue weighted by atomic mass is 16.1. The highest BCUT2D eigenvalue weighted by Gasteiger charge is 2.49. The van der Waals surface area contributed by atoms with Crippen molar-refractivity contribution in [2.24, 2.45) is 22.2 Å². The second-order valence-electron chi connectivity index (χ2n) is 14.0. The van der Waals surface area contributed by atoms with E-state index in [1.807, 2.05) is 78.9 Å². The molecule has 2 aromatic heterocycles. The number of aromatic nitrogens is 2. The Morgan fingerprint density at radius 1 is 0.611 bits per heavy atom. The molecule has 0 saturated carbocycles. The molecule has 5 heterocycles. The number of benzene rings is 4. The molecule has 2 atom stereocenters. The van der Waals surface area contributed by atoms with Crippen LogP contribution in [-0.4, -0.2) is 39.2 Å². The smallest absolute Gasteiger partial charge is 0.159 e. The molecule has 4 aromatic carbocycles. The van der Waals surface area contributed by atoms with Gasteiger partial charge in [0.1, 0.15) is 5.66 Å². The van der Waals surface area contributed by atoms with E-state index in [0.717, 1.165) is 83.7 Å². The second-order valence-corrected chi connectivity index (χ2v) is 14.0. The van der Waals surface area contributed by atoms with Crippen LogP contribution in [0.5, 0.6) is 0 Å². The Morgan fingerprint density at radius 2 is 1.17 bits per heavy atom. The molecular weight excluding hydrogens is 667 g/mol. The summed E-state index contributed by atoms with van der Waals surface area (Å²) in [6.45, 7) is 1.58. The first kappa shape index (κ1) is 33.3. The number of nitrogens with zero attached hydrogens (tertiary/aromatic N) is 1. The van der Waals surface area contributed by atoms with Crippen molar-refractivity contribution in [3.05, 3.63) is 213 Å². The summed E-state index contributed by atoms with van der Waals surface area (Å²) in [4.78, 5) is 25.1. The Hall–Kier alpha value is -6.58. The van der Waals surface area contributed by atoms with Crippen LogP contribution in [0.2, 0.25) is 0 Å². The minimum Gasteiger partial charge on any atom is -0.376 e. The first-order valence-corrected chi connectivity index (χ1v) is 18.0. The summed E-state index contributed by atoms with van der Waals surface area (Å²) in [6.07, 6.45) is 4.13. The van der Waals surface area contributed by atoms with Crippen LogP contribution in [0.15, 0.2) is 168 Å². The number of allylic oxidation sites excluding steroid dienone is 2. The van der Waals surface area contributed by atoms with Gasteiger partial charge in [0.2, 0.25) is 0 Å². The lowest BCUT2D eigenvalue weighted by molar-refractivity contribution is 0.101. The van der Waals surface area contributed by atoms with Gasteiger partial charge in [-0.1, -0.05) is 115 Å². The van der Waals surface area contributed by atoms with Crippen LogP contribution >= 0.6 is 0 Å². The number of H-pyrrole nitrogens is 2. The van der Waals surface area contributed by atoms with Crippen LogP contribution in [0.4, 0.5) is 0 Å². The molecule has 264 valence electrons. The Bertz CT molecular complexity index is 2680. The largest absolute Gasteiger partial charge is 0.376 e. The molecule has 0 aliphatic carbocycles. The maximum atomic E-state index is 12.3. The number of carbonyl (C=O) groups excluding carboxylic acids is 1. The summed E-state index contributed by atoms with van der Waals surface area (Å²) in [5.41, 5.74) is 32.3. The van der Waals surface area contributed by atoms with Crippen LogP contribution in [0, 0.1) is 0 Å². The predicted octanol–water partition coefficient (Wildman–Crippen LogP) is 5.10. The van der Waals surface area contributed by atoms with Crippen molar-refractivity contribution in [2.45, 2.75) is 24.7 Å². The summed E-state index contributed by atoms with van der Waals surface area (Å²) in [7, 11) is 0. The van der Waals surface area contributed by atoms with Crippen LogP contribution in [-0.2, 0) is 0 Å². The summed E-state index contributed by atoms with van der Waals surface area (Å²) in [5.74, 6) is 0.00751. The average molecular weight is 706 g/mol. The zero-order valence-electron chi connectivity index (χ0n) is 29.7. The van der Waals surface area contributed by atoms with E-state index in [9.17, 15) is 4.79 Å². The third kappa shape index (κ3) is 5.61. The molecule has 1 fully saturated rings. The van der Waals surface area contributed by atoms with Gasteiger partial charge in [-0.15, -0.1) is 0 Å². The van der Waals surface area contributed by atoms with Crippen molar-refractivity contribution in [2.75, 3.05) is 0 Å². The van der Waals surface area contributed by atoms with Gasteiger partial charge < -0.3 is 32.5 Å². The number of fused-ring (bicyclic) bond motifs is 7. The van der Waals surface area contributed by atoms with E-state index in [2.05, 4.69) is 88.1 Å². The zero-order chi connectivity index (χ0) is 37.0. The molecule has 3 aliphatic heterocycles. The number of hydrogen-bond acceptors (Lipinski definition) is 6. The Labute approximate surface area is 312 Å². The Kier molecular flexibility index (Phi) is 8.09. The van der Waals surface area contributed by atoms with E-state index >= 15 is 0 Å². The second kappa shape index (κ2) is 13.1. The molecule has 8 nitrogen and oxygen atoms in total. The minimum atomic E-state index is -1.40. The number of aromatic amines is 2. The quantitative estimate of drug-likeness (QED) is 0.109. The highest BCUT2D eigenvalue weighted by molar-refractivity contribution is 6.30. The number of carbonyl (C=O) groups is 1. The van der Waals surface area contributed by atoms with E-state index in [1.54, 1.807) is 6.92 Å². The Balaban J connectivity index is 1.42. The van der Waals surface area contributed by atoms with Crippen LogP contribution in [0.3, 0.4) is 0 Å². The van der Waals surface area contributed by atoms with Gasteiger partial charge >= 0.3 is 0 Å². The molecule has 9 N–H and O–H groups in total. The van der Waals surface area contributed by atoms with Gasteiger partial charge in [-0.3, -0.25) is 4.79 Å². The third-order valence-corrected chi connectivity index (χ3v) is 10.6. The standard InChI is InChI=1S/C46H39N7O/c1-27(54)28-17-19-32(20-18-28)40-35-22-21-33(50-35)39(29-11-5-2-6-12-29)34-23-25-37(51-34)41(30-13-7-3-8-14-30)43-44(47)46(48,49)45(53-43)42(31-15-9-4-10-16-31)38-26-24-36(40)52-38/h2-26,44-45,51-53H,47-49H2,1H3/b39-33-,40-36-,42-38-,43-41-. The maximum absolute atomic E-state index is 12.3. The van der Waals surface area contributed by atoms with Crippen LogP contribution in [0.1, 0.15) is 50.9 Å². The van der Waals surface area contributed by atoms with Crippen molar-refractivity contribution >= 4 is 33.8 Å². The monoisotopic (exact) mass is 705 g/mol. The number of aliphatic imine (C=N–C) groups is 1. The van der Waals surface area contributed by atoms with Gasteiger partial charge in [0, 0.05) is 55.6 Å². The first-order chi connectivity index (χ1) is 26.3. The highest BCUT2D eigenvalue weighted by Crippen LogP contribution is 2.38. The summed E-state index contributed by atoms with van der Waals surface area (Å²) in [5, 5.41) is 5.46. The van der Waals surface area contributed by atoms with Crippen molar-refractivity contribution in [1.29, 1.82) is 0 Å². The molecule has 3 aliphatic rings. The molecule has 2 unspecified atom stereocenters. The lowest BCUT2D eigenvalue weighted by Crippen LogP contribution is -2.66. The first-order valence-electron chi connectivity index (χ1n) is 18.0. The third-order valence-electron chi connectivity index (χ3n) is 10.6. The fourth-order valence-corrected chi connectivity index (χ4v) is 7.89. The molecule has 0 radical (unpaired) electrons. The number of ketones is 1. The number of hydrogen-bond donors (Lipinski definition) is 6. The van der Waals surface area contributed by atoms with Crippen molar-refractivity contribution < 1.29 is 4.79 Å². The van der Waals surface area contributed by atoms with Crippen molar-refractivity contribution in [3.63, 3.8) is 0 Å². The van der Waals surface area contributed by atoms with E-state index in [-0.39, 0.29) is 5.78 Å². The van der Waals surface area contributed by atoms with E-state index in [4.69, 9.17) is 22.2 Å². The summed E-state index contributed by atoms with van der Waals surface area (Å²) >= 11 is 0. The van der Waals surface area contributed by atoms with Crippen molar-refractivity contribution in [3.8, 4) is 0 Å². The lowest BCUT2D eigenvalue weighted by atomic mass is 9.87. The number of nitrogens with one attached hydrogen (secondary N) is 3. The molecule has 54 heavy (non-hydrogen) atoms. The van der Waals surface area contributed by atoms with Crippen LogP contribution in [0.25, 0.3) is 22.3 Å². The molecular formula is C46H39N7O. The topological polar surface area (TPSA) is 151 Å². The number of nitrogens with two attached hydrogens (primary N) is 3. The molecule has 0 spiro atoms. The van der Waals surface area contributed by atoms with Crippen molar-refractivity contribution in [1.82, 2.24) is 15.3 Å². The molecule has 8 heteroatoms. The normalized spacial score (nSPS) is 23.6. The van der Waals surface area contributed by atoms with E-state index in [0.29, 0.717) is 5.56 Å². The zero-order valence-corrected chi connectivity index (χ0v) is 29.7. The SMILES string of the molecule is CC(=O)c1ccc(/C2=c3\cc/c([nH]3)=C(\c3ccccc3)C3N/C(=C(/c4ccccc4)c4ccc([nH]4)/C(c4ccccc4)=C4/C=CC2=N4)C(N)C3(N)N)cc1. The summed E-state index contributed by atoms with van der Waals surface area (Å²) in [6, 6.07) is 45.2. The number of Topliss-reactive ketones (excluding diaryl/α,β-unsaturated/α-hetero) is 1. The fourth-order valence-electron chi connectivity index (χ4n) is 7.89.